The Balaban J connectivity index is 2.14. The number of rotatable bonds is 2. The molecule has 1 aliphatic rings. The fraction of sp³-hybridized carbons (Fsp3) is 0.143. The van der Waals surface area contributed by atoms with E-state index in [-0.39, 0.29) is 6.17 Å². The number of benzene rings is 1. The first-order chi connectivity index (χ1) is 9.31. The largest absolute Gasteiger partial charge is 0.309 e. The van der Waals surface area contributed by atoms with Crippen LogP contribution in [0.15, 0.2) is 46.8 Å². The van der Waals surface area contributed by atoms with Gasteiger partial charge in [-0.25, -0.2) is 0 Å². The third-order valence-corrected chi connectivity index (χ3v) is 4.04. The Morgan fingerprint density at radius 2 is 2.11 bits per heavy atom. The van der Waals surface area contributed by atoms with Crippen LogP contribution >= 0.6 is 11.3 Å². The second kappa shape index (κ2) is 4.95. The second-order valence-electron chi connectivity index (χ2n) is 4.30. The molecule has 3 rings (SSSR count). The molecule has 0 spiro atoms. The van der Waals surface area contributed by atoms with Gasteiger partial charge in [0.25, 0.3) is 0 Å². The zero-order valence-corrected chi connectivity index (χ0v) is 11.1. The SMILES string of the molecule is N=CN1c2sccc2C(c2ccccc2)=NCC1N. The highest BCUT2D eigenvalue weighted by Gasteiger charge is 2.24. The molecule has 0 saturated heterocycles. The van der Waals surface area contributed by atoms with Crippen molar-refractivity contribution in [3.8, 4) is 0 Å². The quantitative estimate of drug-likeness (QED) is 0.649. The van der Waals surface area contributed by atoms with E-state index in [0.717, 1.165) is 21.8 Å². The minimum Gasteiger partial charge on any atom is -0.309 e. The first-order valence-electron chi connectivity index (χ1n) is 6.03. The molecule has 1 unspecified atom stereocenters. The average molecular weight is 270 g/mol. The molecule has 0 bridgehead atoms. The van der Waals surface area contributed by atoms with E-state index >= 15 is 0 Å². The van der Waals surface area contributed by atoms with Crippen LogP contribution in [-0.2, 0) is 0 Å². The van der Waals surface area contributed by atoms with E-state index in [4.69, 9.17) is 11.1 Å². The first-order valence-corrected chi connectivity index (χ1v) is 6.91. The second-order valence-corrected chi connectivity index (χ2v) is 5.19. The van der Waals surface area contributed by atoms with E-state index in [1.54, 1.807) is 16.2 Å². The molecular weight excluding hydrogens is 256 g/mol. The van der Waals surface area contributed by atoms with E-state index in [9.17, 15) is 0 Å². The third-order valence-electron chi connectivity index (χ3n) is 3.11. The molecule has 0 radical (unpaired) electrons. The Bertz CT molecular complexity index is 617. The average Bonchev–Trinajstić information content (AvgIpc) is 2.86. The predicted octanol–water partition coefficient (Wildman–Crippen LogP) is 2.30. The summed E-state index contributed by atoms with van der Waals surface area (Å²) in [6.07, 6.45) is 1.000. The van der Waals surface area contributed by atoms with Crippen molar-refractivity contribution < 1.29 is 0 Å². The number of hydrogen-bond donors (Lipinski definition) is 2. The molecule has 96 valence electrons. The van der Waals surface area contributed by atoms with Gasteiger partial charge in [-0.05, 0) is 11.4 Å². The van der Waals surface area contributed by atoms with Gasteiger partial charge in [0.05, 0.1) is 18.6 Å². The number of thiophene rings is 1. The van der Waals surface area contributed by atoms with Gasteiger partial charge >= 0.3 is 0 Å². The number of nitrogens with zero attached hydrogens (tertiary/aromatic N) is 2. The van der Waals surface area contributed by atoms with E-state index in [2.05, 4.69) is 4.99 Å². The van der Waals surface area contributed by atoms with Crippen LogP contribution in [0.4, 0.5) is 5.00 Å². The Labute approximate surface area is 115 Å². The minimum absolute atomic E-state index is 0.281. The van der Waals surface area contributed by atoms with Crippen molar-refractivity contribution in [2.45, 2.75) is 6.17 Å². The number of hydrogen-bond acceptors (Lipinski definition) is 4. The summed E-state index contributed by atoms with van der Waals surface area (Å²) in [5, 5.41) is 10.5. The van der Waals surface area contributed by atoms with Crippen molar-refractivity contribution >= 4 is 28.4 Å². The standard InChI is InChI=1S/C14H14N4S/c15-9-18-12(16)8-17-13(10-4-2-1-3-5-10)11-6-7-19-14(11)18/h1-7,9,12,15H,8,16H2. The van der Waals surface area contributed by atoms with Crippen LogP contribution < -0.4 is 10.6 Å². The van der Waals surface area contributed by atoms with Crippen LogP contribution in [0.2, 0.25) is 0 Å². The Kier molecular flexibility index (Phi) is 3.15. The predicted molar refractivity (Wildman–Crippen MR) is 80.5 cm³/mol. The van der Waals surface area contributed by atoms with Gasteiger partial charge in [-0.1, -0.05) is 30.3 Å². The minimum atomic E-state index is -0.281. The Hall–Kier alpha value is -1.98. The summed E-state index contributed by atoms with van der Waals surface area (Å²) < 4.78 is 0. The maximum atomic E-state index is 7.54. The molecule has 0 saturated carbocycles. The zero-order valence-electron chi connectivity index (χ0n) is 10.3. The van der Waals surface area contributed by atoms with Gasteiger partial charge < -0.3 is 10.6 Å². The highest BCUT2D eigenvalue weighted by atomic mass is 32.1. The lowest BCUT2D eigenvalue weighted by molar-refractivity contribution is 0.717. The van der Waals surface area contributed by atoms with E-state index in [1.807, 2.05) is 41.8 Å². The van der Waals surface area contributed by atoms with Gasteiger partial charge in [-0.15, -0.1) is 11.3 Å². The number of nitrogens with one attached hydrogen (secondary N) is 1. The van der Waals surface area contributed by atoms with Crippen molar-refractivity contribution in [3.63, 3.8) is 0 Å². The molecule has 2 aromatic rings. The topological polar surface area (TPSA) is 65.5 Å². The Morgan fingerprint density at radius 3 is 2.84 bits per heavy atom. The van der Waals surface area contributed by atoms with Crippen LogP contribution in [0.5, 0.6) is 0 Å². The molecule has 1 atom stereocenters. The van der Waals surface area contributed by atoms with Crippen molar-refractivity contribution in [3.05, 3.63) is 52.9 Å². The fourth-order valence-corrected chi connectivity index (χ4v) is 3.12. The highest BCUT2D eigenvalue weighted by Crippen LogP contribution is 2.32. The molecule has 3 N–H and O–H groups in total. The molecule has 5 heteroatoms. The molecule has 2 heterocycles. The number of anilines is 1. The van der Waals surface area contributed by atoms with E-state index in [0.29, 0.717) is 6.54 Å². The lowest BCUT2D eigenvalue weighted by Gasteiger charge is -2.22. The summed E-state index contributed by atoms with van der Waals surface area (Å²) in [4.78, 5) is 6.42. The molecule has 1 aliphatic heterocycles. The maximum absolute atomic E-state index is 7.54. The van der Waals surface area contributed by atoms with Crippen molar-refractivity contribution in [2.75, 3.05) is 11.4 Å². The van der Waals surface area contributed by atoms with Gasteiger partial charge in [-0.3, -0.25) is 10.4 Å². The summed E-state index contributed by atoms with van der Waals surface area (Å²) in [7, 11) is 0. The molecule has 0 fully saturated rings. The van der Waals surface area contributed by atoms with Gasteiger partial charge in [0.15, 0.2) is 0 Å². The van der Waals surface area contributed by atoms with Gasteiger partial charge in [0.1, 0.15) is 11.2 Å². The molecule has 0 aliphatic carbocycles. The summed E-state index contributed by atoms with van der Waals surface area (Å²) in [6, 6.07) is 12.1. The smallest absolute Gasteiger partial charge is 0.107 e. The third kappa shape index (κ3) is 2.07. The number of nitrogens with two attached hydrogens (primary N) is 1. The highest BCUT2D eigenvalue weighted by molar-refractivity contribution is 7.14. The van der Waals surface area contributed by atoms with E-state index in [1.165, 1.54) is 6.34 Å². The maximum Gasteiger partial charge on any atom is 0.107 e. The first kappa shape index (κ1) is 12.1. The van der Waals surface area contributed by atoms with Gasteiger partial charge in [0, 0.05) is 11.1 Å². The zero-order chi connectivity index (χ0) is 13.2. The molecular formula is C14H14N4S. The molecule has 19 heavy (non-hydrogen) atoms. The fourth-order valence-electron chi connectivity index (χ4n) is 2.19. The molecule has 0 amide bonds. The van der Waals surface area contributed by atoms with Crippen LogP contribution in [-0.4, -0.2) is 24.8 Å². The number of aliphatic imine (C=N–C) groups is 1. The van der Waals surface area contributed by atoms with Gasteiger partial charge in [-0.2, -0.15) is 0 Å². The van der Waals surface area contributed by atoms with Crippen LogP contribution in [0.25, 0.3) is 0 Å². The van der Waals surface area contributed by atoms with Crippen molar-refractivity contribution in [2.24, 2.45) is 10.7 Å². The molecule has 4 nitrogen and oxygen atoms in total. The van der Waals surface area contributed by atoms with Crippen LogP contribution in [0, 0.1) is 5.41 Å². The normalized spacial score (nSPS) is 18.5. The molecule has 1 aromatic heterocycles. The van der Waals surface area contributed by atoms with Crippen LogP contribution in [0.3, 0.4) is 0 Å². The van der Waals surface area contributed by atoms with Crippen LogP contribution in [0.1, 0.15) is 11.1 Å². The van der Waals surface area contributed by atoms with Crippen molar-refractivity contribution in [1.82, 2.24) is 0 Å². The molecule has 1 aromatic carbocycles. The Morgan fingerprint density at radius 1 is 1.32 bits per heavy atom. The lowest BCUT2D eigenvalue weighted by Crippen LogP contribution is -2.42. The lowest BCUT2D eigenvalue weighted by atomic mass is 10.0. The summed E-state index contributed by atoms with van der Waals surface area (Å²) in [5.74, 6) is 0. The summed E-state index contributed by atoms with van der Waals surface area (Å²) in [6.45, 7) is 0.487. The monoisotopic (exact) mass is 270 g/mol. The van der Waals surface area contributed by atoms with Gasteiger partial charge in [0.2, 0.25) is 0 Å². The number of fused-ring (bicyclic) bond motifs is 1. The van der Waals surface area contributed by atoms with E-state index < -0.39 is 0 Å². The summed E-state index contributed by atoms with van der Waals surface area (Å²) in [5.41, 5.74) is 9.17. The summed E-state index contributed by atoms with van der Waals surface area (Å²) >= 11 is 1.59. The van der Waals surface area contributed by atoms with Crippen molar-refractivity contribution in [1.29, 1.82) is 5.41 Å².